The van der Waals surface area contributed by atoms with E-state index >= 15 is 0 Å². The summed E-state index contributed by atoms with van der Waals surface area (Å²) in [4.78, 5) is 0. The third kappa shape index (κ3) is 3.67. The molecule has 1 heterocycles. The van der Waals surface area contributed by atoms with E-state index in [0.29, 0.717) is 17.5 Å². The summed E-state index contributed by atoms with van der Waals surface area (Å²) in [5.41, 5.74) is 0.639. The predicted octanol–water partition coefficient (Wildman–Crippen LogP) is 4.08. The Balaban J connectivity index is 2.16. The maximum atomic E-state index is 9.87. The number of nitrogens with one attached hydrogen (secondary N) is 1. The Labute approximate surface area is 133 Å². The van der Waals surface area contributed by atoms with Gasteiger partial charge in [-0.1, -0.05) is 25.4 Å². The van der Waals surface area contributed by atoms with E-state index in [4.69, 9.17) is 16.3 Å². The summed E-state index contributed by atoms with van der Waals surface area (Å²) in [6.45, 7) is 5.07. The van der Waals surface area contributed by atoms with E-state index in [-0.39, 0.29) is 18.2 Å². The van der Waals surface area contributed by atoms with Gasteiger partial charge in [0.1, 0.15) is 0 Å². The molecule has 0 spiro atoms. The van der Waals surface area contributed by atoms with Gasteiger partial charge in [0.15, 0.2) is 0 Å². The van der Waals surface area contributed by atoms with Gasteiger partial charge in [-0.25, -0.2) is 0 Å². The number of halogens is 2. The normalized spacial score (nSPS) is 26.8. The molecule has 1 aliphatic heterocycles. The quantitative estimate of drug-likeness (QED) is 0.848. The van der Waals surface area contributed by atoms with Gasteiger partial charge in [0.25, 0.3) is 0 Å². The number of hydrogen-bond donors (Lipinski definition) is 2. The fraction of sp³-hybridized carbons (Fsp3) is 0.600. The predicted molar refractivity (Wildman–Crippen MR) is 86.4 cm³/mol. The minimum Gasteiger partial charge on any atom is -0.394 e. The molecule has 20 heavy (non-hydrogen) atoms. The highest BCUT2D eigenvalue weighted by atomic mass is 79.9. The van der Waals surface area contributed by atoms with Crippen LogP contribution in [0.2, 0.25) is 5.02 Å². The average Bonchev–Trinajstić information content (AvgIpc) is 2.43. The number of hydrogen-bond acceptors (Lipinski definition) is 3. The first-order valence-electron chi connectivity index (χ1n) is 6.91. The van der Waals surface area contributed by atoms with Crippen LogP contribution >= 0.6 is 27.5 Å². The zero-order valence-electron chi connectivity index (χ0n) is 11.8. The highest BCUT2D eigenvalue weighted by molar-refractivity contribution is 9.10. The monoisotopic (exact) mass is 361 g/mol. The molecule has 1 aromatic carbocycles. The Hall–Kier alpha value is -0.290. The van der Waals surface area contributed by atoms with E-state index in [1.807, 2.05) is 18.2 Å². The first-order chi connectivity index (χ1) is 9.46. The Morgan fingerprint density at radius 3 is 2.90 bits per heavy atom. The van der Waals surface area contributed by atoms with Gasteiger partial charge in [-0.2, -0.15) is 0 Å². The zero-order chi connectivity index (χ0) is 14.8. The van der Waals surface area contributed by atoms with Crippen molar-refractivity contribution in [2.45, 2.75) is 38.3 Å². The Morgan fingerprint density at radius 1 is 1.55 bits per heavy atom. The lowest BCUT2D eigenvalue weighted by molar-refractivity contribution is -0.0481. The third-order valence-corrected chi connectivity index (χ3v) is 5.09. The molecular formula is C15H21BrClNO2. The molecule has 0 saturated carbocycles. The minimum atomic E-state index is -0.319. The second-order valence-corrected chi connectivity index (χ2v) is 7.06. The van der Waals surface area contributed by atoms with Crippen LogP contribution in [-0.4, -0.2) is 30.0 Å². The SMILES string of the molecule is CC(C)C1CC(CO)(Nc2ccc(Cl)c(Br)c2)CCO1. The molecule has 2 N–H and O–H groups in total. The van der Waals surface area contributed by atoms with E-state index in [0.717, 1.165) is 23.0 Å². The Kier molecular flexibility index (Phi) is 5.35. The largest absolute Gasteiger partial charge is 0.394 e. The lowest BCUT2D eigenvalue weighted by atomic mass is 9.83. The molecule has 0 radical (unpaired) electrons. The zero-order valence-corrected chi connectivity index (χ0v) is 14.2. The molecule has 0 amide bonds. The summed E-state index contributed by atoms with van der Waals surface area (Å²) in [6, 6.07) is 5.72. The summed E-state index contributed by atoms with van der Waals surface area (Å²) >= 11 is 9.44. The summed E-state index contributed by atoms with van der Waals surface area (Å²) in [6.07, 6.45) is 1.79. The molecule has 0 bridgehead atoms. The molecule has 3 nitrogen and oxygen atoms in total. The molecule has 2 unspecified atom stereocenters. The van der Waals surface area contributed by atoms with E-state index in [9.17, 15) is 5.11 Å². The van der Waals surface area contributed by atoms with Crippen LogP contribution in [-0.2, 0) is 4.74 Å². The summed E-state index contributed by atoms with van der Waals surface area (Å²) in [7, 11) is 0. The van der Waals surface area contributed by atoms with Gasteiger partial charge in [-0.05, 0) is 52.9 Å². The van der Waals surface area contributed by atoms with Gasteiger partial charge >= 0.3 is 0 Å². The number of aliphatic hydroxyl groups excluding tert-OH is 1. The van der Waals surface area contributed by atoms with Gasteiger partial charge in [-0.15, -0.1) is 0 Å². The van der Waals surface area contributed by atoms with Crippen molar-refractivity contribution in [3.05, 3.63) is 27.7 Å². The fourth-order valence-electron chi connectivity index (χ4n) is 2.56. The van der Waals surface area contributed by atoms with Crippen molar-refractivity contribution in [2.75, 3.05) is 18.5 Å². The maximum absolute atomic E-state index is 9.87. The van der Waals surface area contributed by atoms with Gasteiger partial charge in [-0.3, -0.25) is 0 Å². The van der Waals surface area contributed by atoms with Gasteiger partial charge in [0.2, 0.25) is 0 Å². The molecule has 0 aliphatic carbocycles. The van der Waals surface area contributed by atoms with Crippen LogP contribution in [0.3, 0.4) is 0 Å². The van der Waals surface area contributed by atoms with Crippen LogP contribution < -0.4 is 5.32 Å². The van der Waals surface area contributed by atoms with E-state index in [2.05, 4.69) is 35.1 Å². The molecule has 112 valence electrons. The number of benzene rings is 1. The van der Waals surface area contributed by atoms with Crippen molar-refractivity contribution in [2.24, 2.45) is 5.92 Å². The topological polar surface area (TPSA) is 41.5 Å². The van der Waals surface area contributed by atoms with Gasteiger partial charge in [0, 0.05) is 16.8 Å². The summed E-state index contributed by atoms with van der Waals surface area (Å²) in [5.74, 6) is 0.444. The maximum Gasteiger partial charge on any atom is 0.0663 e. The molecule has 2 rings (SSSR count). The summed E-state index contributed by atoms with van der Waals surface area (Å²) < 4.78 is 6.65. The average molecular weight is 363 g/mol. The molecule has 1 saturated heterocycles. The number of aliphatic hydroxyl groups is 1. The van der Waals surface area contributed by atoms with Crippen molar-refractivity contribution in [3.8, 4) is 0 Å². The van der Waals surface area contributed by atoms with Crippen molar-refractivity contribution in [1.29, 1.82) is 0 Å². The number of rotatable bonds is 4. The van der Waals surface area contributed by atoms with E-state index in [1.54, 1.807) is 0 Å². The smallest absolute Gasteiger partial charge is 0.0663 e. The highest BCUT2D eigenvalue weighted by Gasteiger charge is 2.37. The van der Waals surface area contributed by atoms with Crippen molar-refractivity contribution < 1.29 is 9.84 Å². The molecule has 5 heteroatoms. The lowest BCUT2D eigenvalue weighted by Gasteiger charge is -2.42. The van der Waals surface area contributed by atoms with Crippen molar-refractivity contribution in [3.63, 3.8) is 0 Å². The van der Waals surface area contributed by atoms with Crippen LogP contribution in [0.4, 0.5) is 5.69 Å². The molecular weight excluding hydrogens is 342 g/mol. The van der Waals surface area contributed by atoms with Gasteiger partial charge < -0.3 is 15.2 Å². The van der Waals surface area contributed by atoms with Crippen LogP contribution in [0.15, 0.2) is 22.7 Å². The van der Waals surface area contributed by atoms with Gasteiger partial charge in [0.05, 0.1) is 23.3 Å². The minimum absolute atomic E-state index is 0.0970. The number of anilines is 1. The van der Waals surface area contributed by atoms with Crippen LogP contribution in [0, 0.1) is 5.92 Å². The van der Waals surface area contributed by atoms with E-state index in [1.165, 1.54) is 0 Å². The lowest BCUT2D eigenvalue weighted by Crippen LogP contribution is -2.51. The van der Waals surface area contributed by atoms with Crippen LogP contribution in [0.1, 0.15) is 26.7 Å². The Morgan fingerprint density at radius 2 is 2.30 bits per heavy atom. The second kappa shape index (κ2) is 6.65. The molecule has 1 fully saturated rings. The molecule has 1 aromatic rings. The number of ether oxygens (including phenoxy) is 1. The van der Waals surface area contributed by atoms with Crippen molar-refractivity contribution >= 4 is 33.2 Å². The van der Waals surface area contributed by atoms with Crippen LogP contribution in [0.5, 0.6) is 0 Å². The second-order valence-electron chi connectivity index (χ2n) is 5.80. The standard InChI is InChI=1S/C15H21BrClNO2/c1-10(2)14-8-15(9-19,5-6-20-14)18-11-3-4-13(17)12(16)7-11/h3-4,7,10,14,18-19H,5-6,8-9H2,1-2H3. The first kappa shape index (κ1) is 16.1. The first-order valence-corrected chi connectivity index (χ1v) is 8.08. The fourth-order valence-corrected chi connectivity index (χ4v) is 3.05. The Bertz CT molecular complexity index is 469. The third-order valence-electron chi connectivity index (χ3n) is 3.88. The molecule has 2 atom stereocenters. The van der Waals surface area contributed by atoms with E-state index < -0.39 is 0 Å². The van der Waals surface area contributed by atoms with Crippen molar-refractivity contribution in [1.82, 2.24) is 0 Å². The molecule has 1 aliphatic rings. The summed E-state index contributed by atoms with van der Waals surface area (Å²) in [5, 5.41) is 14.0. The molecule has 0 aromatic heterocycles. The van der Waals surface area contributed by atoms with Crippen LogP contribution in [0.25, 0.3) is 0 Å². The highest BCUT2D eigenvalue weighted by Crippen LogP contribution is 2.33.